The third-order valence-corrected chi connectivity index (χ3v) is 6.85. The number of carbonyl (C=O) groups is 1. The molecular formula is C28H37FO5. The third-order valence-electron chi connectivity index (χ3n) is 6.85. The van der Waals surface area contributed by atoms with Gasteiger partial charge in [0.25, 0.3) is 0 Å². The molecule has 6 heteroatoms. The van der Waals surface area contributed by atoms with Crippen molar-refractivity contribution >= 4 is 5.97 Å². The lowest BCUT2D eigenvalue weighted by Gasteiger charge is -2.35. The van der Waals surface area contributed by atoms with Gasteiger partial charge in [0, 0.05) is 5.56 Å². The highest BCUT2D eigenvalue weighted by molar-refractivity contribution is 5.74. The third kappa shape index (κ3) is 6.29. The van der Waals surface area contributed by atoms with Gasteiger partial charge in [-0.1, -0.05) is 62.9 Å². The summed E-state index contributed by atoms with van der Waals surface area (Å²) in [6, 6.07) is 12.5. The lowest BCUT2D eigenvalue weighted by molar-refractivity contribution is -0.153. The molecule has 5 nitrogen and oxygen atoms in total. The predicted molar refractivity (Wildman–Crippen MR) is 129 cm³/mol. The zero-order valence-electron chi connectivity index (χ0n) is 20.5. The second kappa shape index (κ2) is 12.7. The molecule has 0 aliphatic heterocycles. The molecule has 2 aromatic carbocycles. The monoisotopic (exact) mass is 472 g/mol. The summed E-state index contributed by atoms with van der Waals surface area (Å²) in [4.78, 5) is 12.8. The molecule has 0 amide bonds. The van der Waals surface area contributed by atoms with E-state index in [1.54, 1.807) is 13.0 Å². The number of aliphatic hydroxyl groups is 1. The number of esters is 1. The summed E-state index contributed by atoms with van der Waals surface area (Å²) in [5, 5.41) is 11.4. The minimum Gasteiger partial charge on any atom is -0.491 e. The normalized spacial score (nSPS) is 19.8. The van der Waals surface area contributed by atoms with Gasteiger partial charge < -0.3 is 19.3 Å². The Hall–Kier alpha value is -2.60. The number of hydrogen-bond donors (Lipinski definition) is 1. The lowest BCUT2D eigenvalue weighted by Crippen LogP contribution is -2.33. The fraction of sp³-hybridized carbons (Fsp3) is 0.536. The highest BCUT2D eigenvalue weighted by Gasteiger charge is 2.40. The zero-order valence-corrected chi connectivity index (χ0v) is 20.5. The predicted octanol–water partition coefficient (Wildman–Crippen LogP) is 6.23. The highest BCUT2D eigenvalue weighted by Crippen LogP contribution is 2.44. The highest BCUT2D eigenvalue weighted by atomic mass is 19.1. The molecule has 186 valence electrons. The number of aliphatic hydroxyl groups excluding tert-OH is 1. The number of rotatable bonds is 11. The summed E-state index contributed by atoms with van der Waals surface area (Å²) in [5.74, 6) is -1.35. The molecule has 34 heavy (non-hydrogen) atoms. The summed E-state index contributed by atoms with van der Waals surface area (Å²) in [6.07, 6.45) is 4.78. The van der Waals surface area contributed by atoms with Gasteiger partial charge in [0.05, 0.1) is 25.7 Å². The van der Waals surface area contributed by atoms with E-state index in [9.17, 15) is 9.90 Å². The molecule has 1 aliphatic carbocycles. The van der Waals surface area contributed by atoms with E-state index < -0.39 is 23.8 Å². The Kier molecular flexibility index (Phi) is 9.75. The Morgan fingerprint density at radius 2 is 1.76 bits per heavy atom. The van der Waals surface area contributed by atoms with Crippen LogP contribution in [0.3, 0.4) is 0 Å². The first kappa shape index (κ1) is 26.0. The van der Waals surface area contributed by atoms with Crippen molar-refractivity contribution in [3.05, 3.63) is 59.4 Å². The lowest BCUT2D eigenvalue weighted by atomic mass is 9.72. The molecule has 0 bridgehead atoms. The van der Waals surface area contributed by atoms with Crippen molar-refractivity contribution in [1.82, 2.24) is 0 Å². The molecule has 2 unspecified atom stereocenters. The van der Waals surface area contributed by atoms with Crippen LogP contribution in [0.15, 0.2) is 42.5 Å². The van der Waals surface area contributed by atoms with Gasteiger partial charge in [-0.2, -0.15) is 4.39 Å². The fourth-order valence-corrected chi connectivity index (χ4v) is 5.08. The molecule has 1 fully saturated rings. The molecule has 1 N–H and O–H groups in total. The molecule has 0 heterocycles. The fourth-order valence-electron chi connectivity index (χ4n) is 5.08. The SMILES string of the molecule is CCCC1CCC(C(C(=O)OC)C(O)c2ccc(OCC)c(F)c2OCc2ccccc2)CC1. The van der Waals surface area contributed by atoms with E-state index in [0.717, 1.165) is 37.7 Å². The maximum Gasteiger partial charge on any atom is 0.311 e. The summed E-state index contributed by atoms with van der Waals surface area (Å²) < 4.78 is 31.8. The van der Waals surface area contributed by atoms with E-state index in [-0.39, 0.29) is 29.6 Å². The maximum absolute atomic E-state index is 15.4. The van der Waals surface area contributed by atoms with Gasteiger partial charge in [0.1, 0.15) is 6.61 Å². The van der Waals surface area contributed by atoms with Crippen molar-refractivity contribution in [3.8, 4) is 11.5 Å². The second-order valence-electron chi connectivity index (χ2n) is 9.07. The Morgan fingerprint density at radius 3 is 2.38 bits per heavy atom. The smallest absolute Gasteiger partial charge is 0.311 e. The molecule has 2 atom stereocenters. The quantitative estimate of drug-likeness (QED) is 0.393. The van der Waals surface area contributed by atoms with Gasteiger partial charge in [0.2, 0.25) is 5.82 Å². The molecule has 0 aromatic heterocycles. The number of hydrogen-bond acceptors (Lipinski definition) is 5. The first-order valence-electron chi connectivity index (χ1n) is 12.4. The minimum absolute atomic E-state index is 0.0350. The minimum atomic E-state index is -1.25. The zero-order chi connectivity index (χ0) is 24.5. The van der Waals surface area contributed by atoms with Crippen LogP contribution in [0.5, 0.6) is 11.5 Å². The molecule has 1 aliphatic rings. The molecule has 0 saturated heterocycles. The van der Waals surface area contributed by atoms with Crippen LogP contribution in [0.25, 0.3) is 0 Å². The largest absolute Gasteiger partial charge is 0.491 e. The van der Waals surface area contributed by atoms with E-state index in [2.05, 4.69) is 6.92 Å². The van der Waals surface area contributed by atoms with Crippen molar-refractivity contribution in [2.45, 2.75) is 65.1 Å². The van der Waals surface area contributed by atoms with Crippen molar-refractivity contribution < 1.29 is 28.5 Å². The molecule has 2 aromatic rings. The van der Waals surface area contributed by atoms with E-state index >= 15 is 4.39 Å². The average molecular weight is 473 g/mol. The average Bonchev–Trinajstić information content (AvgIpc) is 2.86. The van der Waals surface area contributed by atoms with Gasteiger partial charge in [-0.3, -0.25) is 4.79 Å². The molecular weight excluding hydrogens is 435 g/mol. The van der Waals surface area contributed by atoms with Crippen LogP contribution < -0.4 is 9.47 Å². The summed E-state index contributed by atoms with van der Waals surface area (Å²) in [7, 11) is 1.33. The maximum atomic E-state index is 15.4. The number of halogens is 1. The van der Waals surface area contributed by atoms with Crippen LogP contribution in [0.4, 0.5) is 4.39 Å². The van der Waals surface area contributed by atoms with Gasteiger partial charge in [-0.15, -0.1) is 0 Å². The molecule has 3 rings (SSSR count). The number of benzene rings is 2. The van der Waals surface area contributed by atoms with Gasteiger partial charge in [0.15, 0.2) is 11.5 Å². The molecule has 0 radical (unpaired) electrons. The van der Waals surface area contributed by atoms with Gasteiger partial charge in [-0.05, 0) is 49.3 Å². The first-order chi connectivity index (χ1) is 16.5. The number of methoxy groups -OCH3 is 1. The van der Waals surface area contributed by atoms with Crippen LogP contribution in [0.1, 0.15) is 69.6 Å². The Balaban J connectivity index is 1.90. The Labute approximate surface area is 202 Å². The van der Waals surface area contributed by atoms with Crippen molar-refractivity contribution in [3.63, 3.8) is 0 Å². The Morgan fingerprint density at radius 1 is 1.06 bits per heavy atom. The van der Waals surface area contributed by atoms with E-state index in [1.807, 2.05) is 30.3 Å². The van der Waals surface area contributed by atoms with Crippen LogP contribution in [-0.2, 0) is 16.1 Å². The second-order valence-corrected chi connectivity index (χ2v) is 9.07. The van der Waals surface area contributed by atoms with E-state index in [1.165, 1.54) is 19.6 Å². The van der Waals surface area contributed by atoms with Crippen LogP contribution in [-0.4, -0.2) is 24.8 Å². The standard InChI is InChI=1S/C28H37FO5/c1-4-9-19-12-14-21(15-13-19)24(28(31)32-3)26(30)22-16-17-23(33-5-2)25(29)27(22)34-18-20-10-7-6-8-11-20/h6-8,10-11,16-17,19,21,24,26,30H,4-5,9,12-15,18H2,1-3H3. The van der Waals surface area contributed by atoms with Crippen molar-refractivity contribution in [2.24, 2.45) is 17.8 Å². The summed E-state index contributed by atoms with van der Waals surface area (Å²) in [6.45, 7) is 4.38. The molecule has 1 saturated carbocycles. The first-order valence-corrected chi connectivity index (χ1v) is 12.4. The topological polar surface area (TPSA) is 65.0 Å². The van der Waals surface area contributed by atoms with E-state index in [4.69, 9.17) is 14.2 Å². The Bertz CT molecular complexity index is 909. The summed E-state index contributed by atoms with van der Waals surface area (Å²) in [5.41, 5.74) is 1.10. The van der Waals surface area contributed by atoms with Crippen LogP contribution in [0, 0.1) is 23.6 Å². The summed E-state index contributed by atoms with van der Waals surface area (Å²) >= 11 is 0. The number of ether oxygens (including phenoxy) is 3. The van der Waals surface area contributed by atoms with Gasteiger partial charge in [-0.25, -0.2) is 0 Å². The van der Waals surface area contributed by atoms with Crippen LogP contribution in [0.2, 0.25) is 0 Å². The van der Waals surface area contributed by atoms with Crippen molar-refractivity contribution in [2.75, 3.05) is 13.7 Å². The molecule has 0 spiro atoms. The number of carbonyl (C=O) groups excluding carboxylic acids is 1. The van der Waals surface area contributed by atoms with E-state index in [0.29, 0.717) is 12.5 Å². The van der Waals surface area contributed by atoms with Gasteiger partial charge >= 0.3 is 5.97 Å². The van der Waals surface area contributed by atoms with Crippen LogP contribution >= 0.6 is 0 Å². The van der Waals surface area contributed by atoms with Crippen molar-refractivity contribution in [1.29, 1.82) is 0 Å².